The molecule has 1 aromatic carbocycles. The summed E-state index contributed by atoms with van der Waals surface area (Å²) in [5.74, 6) is 1.48. The van der Waals surface area contributed by atoms with Crippen LogP contribution in [0.3, 0.4) is 0 Å². The van der Waals surface area contributed by atoms with Crippen LogP contribution in [0.5, 0.6) is 5.75 Å². The van der Waals surface area contributed by atoms with Crippen LogP contribution in [-0.4, -0.2) is 6.61 Å². The summed E-state index contributed by atoms with van der Waals surface area (Å²) in [6.07, 6.45) is 9.42. The van der Waals surface area contributed by atoms with Crippen molar-refractivity contribution in [1.82, 2.24) is 0 Å². The third kappa shape index (κ3) is 4.37. The summed E-state index contributed by atoms with van der Waals surface area (Å²) in [5, 5.41) is 0. The lowest BCUT2D eigenvalue weighted by Gasteiger charge is -2.21. The van der Waals surface area contributed by atoms with Crippen LogP contribution in [0, 0.1) is 11.7 Å². The molecule has 0 aromatic heterocycles. The molecule has 1 aliphatic carbocycles. The lowest BCUT2D eigenvalue weighted by molar-refractivity contribution is 0.269. The molecule has 0 spiro atoms. The molecule has 0 radical (unpaired) electrons. The van der Waals surface area contributed by atoms with Crippen molar-refractivity contribution in [3.8, 4) is 5.75 Å². The zero-order valence-corrected chi connectivity index (χ0v) is 10.3. The molecule has 94 valence electrons. The van der Waals surface area contributed by atoms with E-state index in [9.17, 15) is 4.39 Å². The van der Waals surface area contributed by atoms with Crippen LogP contribution in [0.15, 0.2) is 24.3 Å². The van der Waals surface area contributed by atoms with Crippen LogP contribution in [0.4, 0.5) is 4.39 Å². The molecule has 0 unspecified atom stereocenters. The summed E-state index contributed by atoms with van der Waals surface area (Å²) in [6.45, 7) is 0.752. The predicted molar refractivity (Wildman–Crippen MR) is 67.7 cm³/mol. The lowest BCUT2D eigenvalue weighted by atomic mass is 9.86. The monoisotopic (exact) mass is 236 g/mol. The molecule has 0 amide bonds. The van der Waals surface area contributed by atoms with Gasteiger partial charge in [0.15, 0.2) is 0 Å². The Kier molecular flexibility index (Phi) is 4.84. The number of benzene rings is 1. The summed E-state index contributed by atoms with van der Waals surface area (Å²) < 4.78 is 18.2. The first kappa shape index (κ1) is 12.4. The number of hydrogen-bond acceptors (Lipinski definition) is 1. The van der Waals surface area contributed by atoms with Crippen molar-refractivity contribution in [3.05, 3.63) is 30.1 Å². The van der Waals surface area contributed by atoms with Gasteiger partial charge in [-0.1, -0.05) is 32.1 Å². The van der Waals surface area contributed by atoms with Gasteiger partial charge in [-0.15, -0.1) is 0 Å². The third-order valence-corrected chi connectivity index (χ3v) is 3.56. The number of hydrogen-bond donors (Lipinski definition) is 0. The highest BCUT2D eigenvalue weighted by atomic mass is 19.1. The maximum Gasteiger partial charge on any atom is 0.123 e. The number of halogens is 1. The Balaban J connectivity index is 1.60. The van der Waals surface area contributed by atoms with Gasteiger partial charge in [-0.25, -0.2) is 4.39 Å². The van der Waals surface area contributed by atoms with Gasteiger partial charge >= 0.3 is 0 Å². The van der Waals surface area contributed by atoms with Gasteiger partial charge in [-0.2, -0.15) is 0 Å². The van der Waals surface area contributed by atoms with E-state index in [1.165, 1.54) is 50.7 Å². The van der Waals surface area contributed by atoms with E-state index in [1.54, 1.807) is 12.1 Å². The molecule has 0 N–H and O–H groups in total. The highest BCUT2D eigenvalue weighted by Gasteiger charge is 2.12. The Labute approximate surface area is 103 Å². The van der Waals surface area contributed by atoms with Crippen LogP contribution in [0.1, 0.15) is 44.9 Å². The van der Waals surface area contributed by atoms with Gasteiger partial charge in [0, 0.05) is 0 Å². The number of rotatable bonds is 5. The average molecular weight is 236 g/mol. The standard InChI is InChI=1S/C15H21FO/c16-14-8-10-15(11-9-14)17-12-4-7-13-5-2-1-3-6-13/h8-11,13H,1-7,12H2. The van der Waals surface area contributed by atoms with Crippen molar-refractivity contribution < 1.29 is 9.13 Å². The van der Waals surface area contributed by atoms with E-state index in [0.717, 1.165) is 24.7 Å². The summed E-state index contributed by atoms with van der Waals surface area (Å²) in [5.41, 5.74) is 0. The quantitative estimate of drug-likeness (QED) is 0.681. The molecule has 0 saturated heterocycles. The normalized spacial score (nSPS) is 17.0. The fourth-order valence-corrected chi connectivity index (χ4v) is 2.57. The molecule has 0 aliphatic heterocycles. The van der Waals surface area contributed by atoms with E-state index in [2.05, 4.69) is 0 Å². The predicted octanol–water partition coefficient (Wildman–Crippen LogP) is 4.57. The Bertz CT molecular complexity index is 314. The van der Waals surface area contributed by atoms with E-state index in [4.69, 9.17) is 4.74 Å². The van der Waals surface area contributed by atoms with Crippen molar-refractivity contribution >= 4 is 0 Å². The largest absolute Gasteiger partial charge is 0.494 e. The molecule has 1 nitrogen and oxygen atoms in total. The molecule has 0 heterocycles. The van der Waals surface area contributed by atoms with Crippen molar-refractivity contribution in [2.24, 2.45) is 5.92 Å². The topological polar surface area (TPSA) is 9.23 Å². The first-order chi connectivity index (χ1) is 8.34. The first-order valence-corrected chi connectivity index (χ1v) is 6.73. The molecule has 2 heteroatoms. The average Bonchev–Trinajstić information content (AvgIpc) is 2.38. The fraction of sp³-hybridized carbons (Fsp3) is 0.600. The van der Waals surface area contributed by atoms with Gasteiger partial charge in [-0.05, 0) is 43.0 Å². The van der Waals surface area contributed by atoms with Gasteiger partial charge in [0.25, 0.3) is 0 Å². The van der Waals surface area contributed by atoms with Gasteiger partial charge in [0.1, 0.15) is 11.6 Å². The zero-order valence-electron chi connectivity index (χ0n) is 10.3. The van der Waals surface area contributed by atoms with E-state index >= 15 is 0 Å². The van der Waals surface area contributed by atoms with E-state index in [-0.39, 0.29) is 5.82 Å². The van der Waals surface area contributed by atoms with E-state index < -0.39 is 0 Å². The molecule has 1 saturated carbocycles. The molecule has 0 atom stereocenters. The Morgan fingerprint density at radius 1 is 1.06 bits per heavy atom. The second kappa shape index (κ2) is 6.63. The van der Waals surface area contributed by atoms with Crippen molar-refractivity contribution in [3.63, 3.8) is 0 Å². The molecular formula is C15H21FO. The van der Waals surface area contributed by atoms with Crippen LogP contribution in [0.25, 0.3) is 0 Å². The Morgan fingerprint density at radius 2 is 1.76 bits per heavy atom. The third-order valence-electron chi connectivity index (χ3n) is 3.56. The minimum atomic E-state index is -0.209. The molecule has 0 bridgehead atoms. The molecule has 1 fully saturated rings. The summed E-state index contributed by atoms with van der Waals surface area (Å²) in [4.78, 5) is 0. The van der Waals surface area contributed by atoms with E-state index in [0.29, 0.717) is 0 Å². The minimum absolute atomic E-state index is 0.209. The summed E-state index contributed by atoms with van der Waals surface area (Å²) >= 11 is 0. The Morgan fingerprint density at radius 3 is 2.47 bits per heavy atom. The second-order valence-corrected chi connectivity index (χ2v) is 4.95. The fourth-order valence-electron chi connectivity index (χ4n) is 2.57. The van der Waals surface area contributed by atoms with Crippen molar-refractivity contribution in [1.29, 1.82) is 0 Å². The Hall–Kier alpha value is -1.05. The second-order valence-electron chi connectivity index (χ2n) is 4.95. The molecule has 1 aromatic rings. The number of ether oxygens (including phenoxy) is 1. The highest BCUT2D eigenvalue weighted by molar-refractivity contribution is 5.21. The summed E-state index contributed by atoms with van der Waals surface area (Å²) in [6, 6.07) is 6.26. The SMILES string of the molecule is Fc1ccc(OCCCC2CCCCC2)cc1. The van der Waals surface area contributed by atoms with Gasteiger partial charge in [0.05, 0.1) is 6.61 Å². The summed E-state index contributed by atoms with van der Waals surface area (Å²) in [7, 11) is 0. The first-order valence-electron chi connectivity index (χ1n) is 6.73. The lowest BCUT2D eigenvalue weighted by Crippen LogP contribution is -2.08. The van der Waals surface area contributed by atoms with Gasteiger partial charge in [-0.3, -0.25) is 0 Å². The van der Waals surface area contributed by atoms with Crippen molar-refractivity contribution in [2.45, 2.75) is 44.9 Å². The van der Waals surface area contributed by atoms with Crippen molar-refractivity contribution in [2.75, 3.05) is 6.61 Å². The zero-order chi connectivity index (χ0) is 11.9. The van der Waals surface area contributed by atoms with E-state index in [1.807, 2.05) is 0 Å². The van der Waals surface area contributed by atoms with Crippen LogP contribution in [0.2, 0.25) is 0 Å². The van der Waals surface area contributed by atoms with Gasteiger partial charge < -0.3 is 4.74 Å². The minimum Gasteiger partial charge on any atom is -0.494 e. The maximum absolute atomic E-state index is 12.7. The van der Waals surface area contributed by atoms with Gasteiger partial charge in [0.2, 0.25) is 0 Å². The highest BCUT2D eigenvalue weighted by Crippen LogP contribution is 2.27. The van der Waals surface area contributed by atoms with Crippen LogP contribution < -0.4 is 4.74 Å². The molecular weight excluding hydrogens is 215 g/mol. The smallest absolute Gasteiger partial charge is 0.123 e. The molecule has 17 heavy (non-hydrogen) atoms. The van der Waals surface area contributed by atoms with Crippen LogP contribution >= 0.6 is 0 Å². The van der Waals surface area contributed by atoms with Crippen LogP contribution in [-0.2, 0) is 0 Å². The maximum atomic E-state index is 12.7. The molecule has 1 aliphatic rings. The molecule has 2 rings (SSSR count).